The van der Waals surface area contributed by atoms with Crippen LogP contribution in [-0.2, 0) is 19.1 Å². The van der Waals surface area contributed by atoms with E-state index in [1.54, 1.807) is 36.4 Å². The van der Waals surface area contributed by atoms with Crippen LogP contribution in [0.1, 0.15) is 6.42 Å². The number of amides is 2. The van der Waals surface area contributed by atoms with E-state index < -0.39 is 24.4 Å². The number of fused-ring (bicyclic) bond motifs is 2. The van der Waals surface area contributed by atoms with Crippen LogP contribution in [-0.4, -0.2) is 52.9 Å². The Kier molecular flexibility index (Phi) is 5.31. The summed E-state index contributed by atoms with van der Waals surface area (Å²) in [5, 5.41) is 2.67. The molecule has 3 heterocycles. The highest BCUT2D eigenvalue weighted by Crippen LogP contribution is 2.36. The van der Waals surface area contributed by atoms with Gasteiger partial charge in [0.05, 0.1) is 23.3 Å². The van der Waals surface area contributed by atoms with E-state index in [1.165, 1.54) is 4.90 Å². The molecule has 0 unspecified atom stereocenters. The van der Waals surface area contributed by atoms with Gasteiger partial charge < -0.3 is 24.4 Å². The number of esters is 1. The number of nitrogens with zero attached hydrogens (tertiary/aromatic N) is 3. The molecular weight excluding hydrogens is 436 g/mol. The molecule has 1 aromatic heterocycles. The summed E-state index contributed by atoms with van der Waals surface area (Å²) in [5.74, 6) is -0.758. The van der Waals surface area contributed by atoms with E-state index in [1.807, 2.05) is 0 Å². The third kappa shape index (κ3) is 3.94. The molecule has 1 saturated heterocycles. The molecule has 0 bridgehead atoms. The molecule has 2 aliphatic rings. The second-order valence-electron chi connectivity index (χ2n) is 7.33. The zero-order valence-electron chi connectivity index (χ0n) is 16.8. The SMILES string of the molecule is O=C(COC(=O)[C@H]1CC(=O)N(c2ccc3c(c2)OCCO3)C1)Nc1cccc2nsnc12. The maximum atomic E-state index is 12.5. The molecular formula is C21H18N4O6S. The highest BCUT2D eigenvalue weighted by atomic mass is 32.1. The van der Waals surface area contributed by atoms with Crippen molar-refractivity contribution in [2.75, 3.05) is 36.6 Å². The van der Waals surface area contributed by atoms with Gasteiger partial charge in [0.25, 0.3) is 5.91 Å². The molecule has 0 spiro atoms. The third-order valence-electron chi connectivity index (χ3n) is 5.20. The van der Waals surface area contributed by atoms with E-state index in [0.29, 0.717) is 47.1 Å². The molecule has 2 aliphatic heterocycles. The second kappa shape index (κ2) is 8.42. The van der Waals surface area contributed by atoms with Gasteiger partial charge >= 0.3 is 5.97 Å². The number of carbonyl (C=O) groups excluding carboxylic acids is 3. The first-order valence-electron chi connectivity index (χ1n) is 9.96. The fourth-order valence-corrected chi connectivity index (χ4v) is 4.21. The summed E-state index contributed by atoms with van der Waals surface area (Å²) in [6, 6.07) is 10.5. The number of benzene rings is 2. The minimum absolute atomic E-state index is 0.0126. The standard InChI is InChI=1S/C21H18N4O6S/c26-18(22-14-2-1-3-15-20(14)24-32-23-15)11-31-21(28)12-8-19(27)25(10-12)13-4-5-16-17(9-13)30-7-6-29-16/h1-5,9,12H,6-8,10-11H2,(H,22,26)/t12-/m0/s1. The van der Waals surface area contributed by atoms with Gasteiger partial charge in [-0.3, -0.25) is 14.4 Å². The van der Waals surface area contributed by atoms with E-state index in [9.17, 15) is 14.4 Å². The van der Waals surface area contributed by atoms with Crippen LogP contribution < -0.4 is 19.7 Å². The Morgan fingerprint density at radius 2 is 2.00 bits per heavy atom. The number of rotatable bonds is 5. The Balaban J connectivity index is 1.18. The maximum Gasteiger partial charge on any atom is 0.311 e. The molecule has 0 saturated carbocycles. The van der Waals surface area contributed by atoms with Crippen LogP contribution in [0, 0.1) is 5.92 Å². The Hall–Kier alpha value is -3.73. The zero-order chi connectivity index (χ0) is 22.1. The highest BCUT2D eigenvalue weighted by Gasteiger charge is 2.36. The van der Waals surface area contributed by atoms with Gasteiger partial charge in [0.15, 0.2) is 18.1 Å². The summed E-state index contributed by atoms with van der Waals surface area (Å²) in [4.78, 5) is 38.7. The topological polar surface area (TPSA) is 120 Å². The first-order valence-corrected chi connectivity index (χ1v) is 10.7. The third-order valence-corrected chi connectivity index (χ3v) is 5.74. The summed E-state index contributed by atoms with van der Waals surface area (Å²) in [6.07, 6.45) is 0.0126. The van der Waals surface area contributed by atoms with Crippen molar-refractivity contribution in [1.82, 2.24) is 8.75 Å². The Morgan fingerprint density at radius 1 is 1.16 bits per heavy atom. The quantitative estimate of drug-likeness (QED) is 0.582. The molecule has 0 aliphatic carbocycles. The molecule has 11 heteroatoms. The van der Waals surface area contributed by atoms with Crippen molar-refractivity contribution in [3.05, 3.63) is 36.4 Å². The largest absolute Gasteiger partial charge is 0.486 e. The van der Waals surface area contributed by atoms with Crippen molar-refractivity contribution in [2.24, 2.45) is 5.92 Å². The number of aromatic nitrogens is 2. The number of carbonyl (C=O) groups is 3. The molecule has 2 aromatic carbocycles. The minimum atomic E-state index is -0.658. The monoisotopic (exact) mass is 454 g/mol. The zero-order valence-corrected chi connectivity index (χ0v) is 17.6. The minimum Gasteiger partial charge on any atom is -0.486 e. The fraction of sp³-hybridized carbons (Fsp3) is 0.286. The van der Waals surface area contributed by atoms with E-state index in [-0.39, 0.29) is 18.9 Å². The van der Waals surface area contributed by atoms with Crippen LogP contribution in [0.5, 0.6) is 11.5 Å². The molecule has 2 amide bonds. The number of hydrogen-bond acceptors (Lipinski definition) is 9. The van der Waals surface area contributed by atoms with Crippen LogP contribution in [0.3, 0.4) is 0 Å². The van der Waals surface area contributed by atoms with Crippen LogP contribution in [0.2, 0.25) is 0 Å². The molecule has 1 atom stereocenters. The first-order chi connectivity index (χ1) is 15.6. The lowest BCUT2D eigenvalue weighted by atomic mass is 10.1. The van der Waals surface area contributed by atoms with Gasteiger partial charge in [0.1, 0.15) is 24.2 Å². The van der Waals surface area contributed by atoms with Crippen molar-refractivity contribution < 1.29 is 28.6 Å². The summed E-state index contributed by atoms with van der Waals surface area (Å²) in [5.41, 5.74) is 2.37. The summed E-state index contributed by atoms with van der Waals surface area (Å²) < 4.78 is 24.5. The van der Waals surface area contributed by atoms with Crippen LogP contribution in [0.4, 0.5) is 11.4 Å². The average Bonchev–Trinajstić information content (AvgIpc) is 3.44. The number of anilines is 2. The lowest BCUT2D eigenvalue weighted by Crippen LogP contribution is -2.28. The van der Waals surface area contributed by atoms with Gasteiger partial charge in [-0.15, -0.1) is 0 Å². The van der Waals surface area contributed by atoms with E-state index in [0.717, 1.165) is 11.7 Å². The van der Waals surface area contributed by atoms with Gasteiger partial charge in [-0.1, -0.05) is 6.07 Å². The Labute approximate surface area is 186 Å². The molecule has 1 N–H and O–H groups in total. The van der Waals surface area contributed by atoms with Crippen molar-refractivity contribution >= 4 is 51.9 Å². The summed E-state index contributed by atoms with van der Waals surface area (Å²) in [6.45, 7) is 0.630. The van der Waals surface area contributed by atoms with Gasteiger partial charge in [0.2, 0.25) is 5.91 Å². The Morgan fingerprint density at radius 3 is 2.88 bits per heavy atom. The van der Waals surface area contributed by atoms with E-state index in [4.69, 9.17) is 14.2 Å². The first kappa shape index (κ1) is 20.2. The van der Waals surface area contributed by atoms with Crippen molar-refractivity contribution in [2.45, 2.75) is 6.42 Å². The smallest absolute Gasteiger partial charge is 0.311 e. The molecule has 5 rings (SSSR count). The van der Waals surface area contributed by atoms with Gasteiger partial charge in [-0.2, -0.15) is 8.75 Å². The van der Waals surface area contributed by atoms with Gasteiger partial charge in [-0.05, 0) is 24.3 Å². The summed E-state index contributed by atoms with van der Waals surface area (Å²) in [7, 11) is 0. The lowest BCUT2D eigenvalue weighted by Gasteiger charge is -2.22. The van der Waals surface area contributed by atoms with E-state index in [2.05, 4.69) is 14.1 Å². The predicted octanol–water partition coefficient (Wildman–Crippen LogP) is 2.00. The number of hydrogen-bond donors (Lipinski definition) is 1. The lowest BCUT2D eigenvalue weighted by molar-refractivity contribution is -0.151. The van der Waals surface area contributed by atoms with Crippen molar-refractivity contribution in [3.63, 3.8) is 0 Å². The van der Waals surface area contributed by atoms with Gasteiger partial charge in [-0.25, -0.2) is 0 Å². The average molecular weight is 454 g/mol. The highest BCUT2D eigenvalue weighted by molar-refractivity contribution is 7.00. The van der Waals surface area contributed by atoms with Gasteiger partial charge in [0, 0.05) is 24.7 Å². The molecule has 164 valence electrons. The van der Waals surface area contributed by atoms with Crippen LogP contribution >= 0.6 is 11.7 Å². The van der Waals surface area contributed by atoms with Crippen molar-refractivity contribution in [1.29, 1.82) is 0 Å². The molecule has 0 radical (unpaired) electrons. The fourth-order valence-electron chi connectivity index (χ4n) is 3.66. The van der Waals surface area contributed by atoms with Crippen LogP contribution in [0.25, 0.3) is 11.0 Å². The number of ether oxygens (including phenoxy) is 3. The second-order valence-corrected chi connectivity index (χ2v) is 7.86. The van der Waals surface area contributed by atoms with E-state index >= 15 is 0 Å². The summed E-state index contributed by atoms with van der Waals surface area (Å²) >= 11 is 1.05. The maximum absolute atomic E-state index is 12.5. The predicted molar refractivity (Wildman–Crippen MR) is 115 cm³/mol. The van der Waals surface area contributed by atoms with Crippen LogP contribution in [0.15, 0.2) is 36.4 Å². The van der Waals surface area contributed by atoms with Crippen molar-refractivity contribution in [3.8, 4) is 11.5 Å². The molecule has 10 nitrogen and oxygen atoms in total. The molecule has 32 heavy (non-hydrogen) atoms. The Bertz CT molecular complexity index is 1210. The number of nitrogens with one attached hydrogen (secondary N) is 1. The molecule has 3 aromatic rings. The molecule has 1 fully saturated rings. The normalized spacial score (nSPS) is 17.4.